The van der Waals surface area contributed by atoms with Gasteiger partial charge in [-0.05, 0) is 55.6 Å². The van der Waals surface area contributed by atoms with Gasteiger partial charge in [-0.25, -0.2) is 0 Å². The van der Waals surface area contributed by atoms with Crippen molar-refractivity contribution in [1.29, 1.82) is 0 Å². The molecule has 0 saturated heterocycles. The van der Waals surface area contributed by atoms with E-state index in [1.165, 1.54) is 0 Å². The molecule has 0 heterocycles. The first kappa shape index (κ1) is 22.3. The molecule has 0 aromatic heterocycles. The third kappa shape index (κ3) is 3.55. The Hall–Kier alpha value is 0.270. The second-order valence-electron chi connectivity index (χ2n) is 11.0. The summed E-state index contributed by atoms with van der Waals surface area (Å²) in [7, 11) is 0. The zero-order valence-corrected chi connectivity index (χ0v) is 19.4. The Morgan fingerprint density at radius 2 is 1.21 bits per heavy atom. The number of rotatable bonds is 4. The minimum atomic E-state index is -0.141. The Bertz CT molecular complexity index is 417. The van der Waals surface area contributed by atoms with Gasteiger partial charge in [-0.3, -0.25) is 0 Å². The van der Waals surface area contributed by atoms with Crippen LogP contribution in [-0.2, 0) is 4.74 Å². The van der Waals surface area contributed by atoms with Gasteiger partial charge in [0.05, 0.1) is 17.1 Å². The van der Waals surface area contributed by atoms with Gasteiger partial charge in [0.2, 0.25) is 0 Å². The molecule has 1 N–H and O–H groups in total. The molecular formula is C21H43NOS. The standard InChI is InChI=1S/C21H43NOS/c1-14(24-13)22-15-18(5,6)20(9,10)16(23-17(2,3)4)21(11,12)19(15,7)8/h14-16,22H,1-13H3/t14?,15-,16+. The molecule has 1 rings (SSSR count). The van der Waals surface area contributed by atoms with Crippen molar-refractivity contribution < 1.29 is 4.74 Å². The molecule has 1 atom stereocenters. The van der Waals surface area contributed by atoms with Gasteiger partial charge in [-0.15, -0.1) is 11.8 Å². The Labute approximate surface area is 156 Å². The summed E-state index contributed by atoms with van der Waals surface area (Å²) in [5, 5.41) is 4.40. The summed E-state index contributed by atoms with van der Waals surface area (Å²) < 4.78 is 6.73. The first-order valence-electron chi connectivity index (χ1n) is 9.39. The van der Waals surface area contributed by atoms with Crippen LogP contribution in [0.1, 0.15) is 83.1 Å². The van der Waals surface area contributed by atoms with Gasteiger partial charge in [-0.2, -0.15) is 0 Å². The zero-order valence-electron chi connectivity index (χ0n) is 18.5. The molecule has 3 heteroatoms. The van der Waals surface area contributed by atoms with Crippen LogP contribution in [-0.4, -0.2) is 29.4 Å². The van der Waals surface area contributed by atoms with Gasteiger partial charge in [-0.1, -0.05) is 55.4 Å². The van der Waals surface area contributed by atoms with E-state index in [0.717, 1.165) is 0 Å². The Kier molecular flexibility index (Phi) is 6.00. The van der Waals surface area contributed by atoms with E-state index in [4.69, 9.17) is 4.74 Å². The molecule has 144 valence electrons. The SMILES string of the molecule is CSC(C)N[C@H]1C(C)(C)C(C)(C)[C@@H](OC(C)(C)C)C(C)(C)C1(C)C. The first-order valence-corrected chi connectivity index (χ1v) is 10.7. The highest BCUT2D eigenvalue weighted by atomic mass is 32.2. The molecule has 0 bridgehead atoms. The summed E-state index contributed by atoms with van der Waals surface area (Å²) in [6, 6.07) is 0.414. The van der Waals surface area contributed by atoms with E-state index in [9.17, 15) is 0 Å². The molecule has 0 spiro atoms. The zero-order chi connectivity index (χ0) is 19.4. The van der Waals surface area contributed by atoms with E-state index in [1.807, 2.05) is 11.8 Å². The van der Waals surface area contributed by atoms with Gasteiger partial charge in [0.25, 0.3) is 0 Å². The fourth-order valence-electron chi connectivity index (χ4n) is 4.59. The molecule has 1 saturated carbocycles. The Morgan fingerprint density at radius 1 is 0.833 bits per heavy atom. The van der Waals surface area contributed by atoms with Gasteiger partial charge in [0, 0.05) is 6.04 Å². The molecule has 1 fully saturated rings. The summed E-state index contributed by atoms with van der Waals surface area (Å²) in [6.45, 7) is 28.1. The molecular weight excluding hydrogens is 314 g/mol. The molecule has 0 aromatic rings. The number of ether oxygens (including phenoxy) is 1. The van der Waals surface area contributed by atoms with Crippen LogP contribution in [0.3, 0.4) is 0 Å². The molecule has 1 aliphatic carbocycles. The minimum Gasteiger partial charge on any atom is -0.371 e. The average molecular weight is 358 g/mol. The molecule has 2 nitrogen and oxygen atoms in total. The van der Waals surface area contributed by atoms with Crippen LogP contribution in [0, 0.1) is 21.7 Å². The maximum atomic E-state index is 6.73. The van der Waals surface area contributed by atoms with Crippen molar-refractivity contribution in [3.63, 3.8) is 0 Å². The number of thioether (sulfide) groups is 1. The topological polar surface area (TPSA) is 21.3 Å². The van der Waals surface area contributed by atoms with Gasteiger partial charge >= 0.3 is 0 Å². The van der Waals surface area contributed by atoms with E-state index < -0.39 is 0 Å². The maximum Gasteiger partial charge on any atom is 0.0695 e. The third-order valence-corrected chi connectivity index (χ3v) is 8.15. The Balaban J connectivity index is 3.48. The van der Waals surface area contributed by atoms with Crippen molar-refractivity contribution in [2.24, 2.45) is 21.7 Å². The monoisotopic (exact) mass is 357 g/mol. The van der Waals surface area contributed by atoms with Crippen molar-refractivity contribution in [1.82, 2.24) is 5.32 Å². The number of hydrogen-bond acceptors (Lipinski definition) is 3. The highest BCUT2D eigenvalue weighted by Gasteiger charge is 2.66. The van der Waals surface area contributed by atoms with Gasteiger partial charge < -0.3 is 10.1 Å². The minimum absolute atomic E-state index is 0.0507. The van der Waals surface area contributed by atoms with E-state index in [1.54, 1.807) is 0 Å². The van der Waals surface area contributed by atoms with E-state index in [2.05, 4.69) is 94.7 Å². The van der Waals surface area contributed by atoms with E-state index in [0.29, 0.717) is 11.4 Å². The number of hydrogen-bond donors (Lipinski definition) is 1. The van der Waals surface area contributed by atoms with Crippen molar-refractivity contribution in [3.05, 3.63) is 0 Å². The van der Waals surface area contributed by atoms with Crippen LogP contribution in [0.5, 0.6) is 0 Å². The first-order chi connectivity index (χ1) is 10.4. The summed E-state index contributed by atoms with van der Waals surface area (Å²) in [6.07, 6.45) is 2.38. The van der Waals surface area contributed by atoms with Gasteiger partial charge in [0.1, 0.15) is 0 Å². The lowest BCUT2D eigenvalue weighted by Crippen LogP contribution is -2.73. The van der Waals surface area contributed by atoms with Crippen LogP contribution in [0.2, 0.25) is 0 Å². The lowest BCUT2D eigenvalue weighted by atomic mass is 9.41. The molecule has 1 unspecified atom stereocenters. The van der Waals surface area contributed by atoms with Crippen LogP contribution in [0.15, 0.2) is 0 Å². The predicted octanol–water partition coefficient (Wildman–Crippen LogP) is 5.96. The normalized spacial score (nSPS) is 32.4. The quantitative estimate of drug-likeness (QED) is 0.628. The maximum absolute atomic E-state index is 6.73. The smallest absolute Gasteiger partial charge is 0.0695 e. The number of nitrogens with one attached hydrogen (secondary N) is 1. The fourth-order valence-corrected chi connectivity index (χ4v) is 4.86. The predicted molar refractivity (Wildman–Crippen MR) is 110 cm³/mol. The lowest BCUT2D eigenvalue weighted by Gasteiger charge is -2.69. The van der Waals surface area contributed by atoms with E-state index >= 15 is 0 Å². The summed E-state index contributed by atoms with van der Waals surface area (Å²) in [5.41, 5.74) is 0.167. The molecule has 24 heavy (non-hydrogen) atoms. The van der Waals surface area contributed by atoms with Crippen LogP contribution < -0.4 is 5.32 Å². The molecule has 1 aliphatic rings. The highest BCUT2D eigenvalue weighted by Crippen LogP contribution is 2.64. The van der Waals surface area contributed by atoms with Crippen molar-refractivity contribution >= 4 is 11.8 Å². The molecule has 0 amide bonds. The van der Waals surface area contributed by atoms with Crippen LogP contribution >= 0.6 is 11.8 Å². The molecule has 0 aliphatic heterocycles. The van der Waals surface area contributed by atoms with Crippen LogP contribution in [0.25, 0.3) is 0 Å². The molecule has 0 aromatic carbocycles. The summed E-state index contributed by atoms with van der Waals surface area (Å²) in [4.78, 5) is 0. The van der Waals surface area contributed by atoms with Crippen molar-refractivity contribution in [2.75, 3.05) is 6.26 Å². The summed E-state index contributed by atoms with van der Waals surface area (Å²) >= 11 is 1.89. The van der Waals surface area contributed by atoms with Gasteiger partial charge in [0.15, 0.2) is 0 Å². The second-order valence-corrected chi connectivity index (χ2v) is 12.2. The second kappa shape index (κ2) is 6.46. The third-order valence-electron chi connectivity index (χ3n) is 7.30. The van der Waals surface area contributed by atoms with Crippen LogP contribution in [0.4, 0.5) is 0 Å². The van der Waals surface area contributed by atoms with Crippen molar-refractivity contribution in [3.8, 4) is 0 Å². The highest BCUT2D eigenvalue weighted by molar-refractivity contribution is 7.99. The summed E-state index contributed by atoms with van der Waals surface area (Å²) in [5.74, 6) is 0. The molecule has 0 radical (unpaired) electrons. The Morgan fingerprint density at radius 3 is 1.50 bits per heavy atom. The lowest BCUT2D eigenvalue weighted by molar-refractivity contribution is -0.262. The van der Waals surface area contributed by atoms with Crippen molar-refractivity contribution in [2.45, 2.75) is 106 Å². The fraction of sp³-hybridized carbons (Fsp3) is 1.00. The van der Waals surface area contributed by atoms with E-state index in [-0.39, 0.29) is 33.4 Å². The average Bonchev–Trinajstić information content (AvgIpc) is 2.38. The largest absolute Gasteiger partial charge is 0.371 e.